The third-order valence-electron chi connectivity index (χ3n) is 3.31. The van der Waals surface area contributed by atoms with E-state index in [2.05, 4.69) is 15.3 Å². The fourth-order valence-electron chi connectivity index (χ4n) is 2.31. The first kappa shape index (κ1) is 14.5. The van der Waals surface area contributed by atoms with Crippen molar-refractivity contribution in [3.05, 3.63) is 58.1 Å². The summed E-state index contributed by atoms with van der Waals surface area (Å²) in [6.07, 6.45) is 3.33. The van der Waals surface area contributed by atoms with Crippen molar-refractivity contribution in [2.45, 2.75) is 19.9 Å². The predicted molar refractivity (Wildman–Crippen MR) is 88.9 cm³/mol. The van der Waals surface area contributed by atoms with Crippen LogP contribution < -0.4 is 10.9 Å². The van der Waals surface area contributed by atoms with Gasteiger partial charge in [0.1, 0.15) is 0 Å². The Kier molecular flexibility index (Phi) is 3.81. The van der Waals surface area contributed by atoms with Crippen molar-refractivity contribution in [3.8, 4) is 0 Å². The first-order chi connectivity index (χ1) is 10.6. The molecule has 3 aromatic rings. The van der Waals surface area contributed by atoms with Crippen LogP contribution in [0.1, 0.15) is 19.9 Å². The van der Waals surface area contributed by atoms with Crippen molar-refractivity contribution in [2.24, 2.45) is 0 Å². The zero-order valence-electron chi connectivity index (χ0n) is 12.2. The Balaban J connectivity index is 2.15. The molecule has 0 aliphatic heterocycles. The Hall–Kier alpha value is -2.40. The maximum absolute atomic E-state index is 12.7. The Morgan fingerprint density at radius 3 is 2.59 bits per heavy atom. The van der Waals surface area contributed by atoms with Crippen LogP contribution in [0.25, 0.3) is 11.0 Å². The molecule has 0 fully saturated rings. The van der Waals surface area contributed by atoms with E-state index in [1.807, 2.05) is 13.8 Å². The maximum atomic E-state index is 12.7. The molecule has 0 saturated carbocycles. The van der Waals surface area contributed by atoms with Crippen LogP contribution in [0, 0.1) is 0 Å². The lowest BCUT2D eigenvalue weighted by Gasteiger charge is -2.15. The number of hydrogen-bond acceptors (Lipinski definition) is 4. The van der Waals surface area contributed by atoms with Crippen molar-refractivity contribution in [1.29, 1.82) is 0 Å². The van der Waals surface area contributed by atoms with Crippen LogP contribution >= 0.6 is 11.6 Å². The highest BCUT2D eigenvalue weighted by Crippen LogP contribution is 2.19. The number of nitrogens with one attached hydrogen (secondary N) is 1. The van der Waals surface area contributed by atoms with E-state index in [1.165, 1.54) is 0 Å². The van der Waals surface area contributed by atoms with Crippen LogP contribution in [0.3, 0.4) is 0 Å². The fraction of sp³-hybridized carbons (Fsp3) is 0.188. The lowest BCUT2D eigenvalue weighted by Crippen LogP contribution is -2.26. The molecule has 0 amide bonds. The molecule has 2 heterocycles. The zero-order valence-corrected chi connectivity index (χ0v) is 13.0. The third kappa shape index (κ3) is 2.67. The number of halogens is 1. The minimum Gasteiger partial charge on any atom is -0.336 e. The molecule has 5 nitrogen and oxygen atoms in total. The molecule has 1 N–H and O–H groups in total. The van der Waals surface area contributed by atoms with Gasteiger partial charge in [-0.3, -0.25) is 14.3 Å². The van der Waals surface area contributed by atoms with Gasteiger partial charge in [0.25, 0.3) is 5.56 Å². The van der Waals surface area contributed by atoms with E-state index in [4.69, 9.17) is 11.6 Å². The van der Waals surface area contributed by atoms with Gasteiger partial charge in [0.15, 0.2) is 5.82 Å². The van der Waals surface area contributed by atoms with E-state index >= 15 is 0 Å². The van der Waals surface area contributed by atoms with Gasteiger partial charge in [-0.1, -0.05) is 11.6 Å². The van der Waals surface area contributed by atoms with Crippen LogP contribution in [-0.2, 0) is 0 Å². The highest BCUT2D eigenvalue weighted by atomic mass is 35.5. The van der Waals surface area contributed by atoms with Gasteiger partial charge in [-0.2, -0.15) is 0 Å². The molecule has 0 spiro atoms. The average Bonchev–Trinajstić information content (AvgIpc) is 2.50. The molecule has 22 heavy (non-hydrogen) atoms. The third-order valence-corrected chi connectivity index (χ3v) is 3.57. The number of aromatic nitrogens is 3. The largest absolute Gasteiger partial charge is 0.336 e. The lowest BCUT2D eigenvalue weighted by molar-refractivity contribution is 0.598. The monoisotopic (exact) mass is 314 g/mol. The Morgan fingerprint density at radius 2 is 1.91 bits per heavy atom. The summed E-state index contributed by atoms with van der Waals surface area (Å²) in [5.74, 6) is 0.287. The van der Waals surface area contributed by atoms with Gasteiger partial charge < -0.3 is 5.32 Å². The number of hydrogen-bond donors (Lipinski definition) is 1. The summed E-state index contributed by atoms with van der Waals surface area (Å²) < 4.78 is 1.69. The molecule has 0 aliphatic rings. The fourth-order valence-corrected chi connectivity index (χ4v) is 2.44. The average molecular weight is 315 g/mol. The number of pyridine rings is 1. The summed E-state index contributed by atoms with van der Waals surface area (Å²) in [7, 11) is 0. The van der Waals surface area contributed by atoms with Crippen LogP contribution in [0.4, 0.5) is 11.5 Å². The molecule has 0 radical (unpaired) electrons. The number of fused-ring (bicyclic) bond motifs is 1. The van der Waals surface area contributed by atoms with Gasteiger partial charge in [0, 0.05) is 22.9 Å². The lowest BCUT2D eigenvalue weighted by atomic mass is 10.3. The van der Waals surface area contributed by atoms with Gasteiger partial charge in [0.05, 0.1) is 17.2 Å². The second kappa shape index (κ2) is 5.77. The number of rotatable bonds is 3. The minimum absolute atomic E-state index is 0.00738. The Morgan fingerprint density at radius 1 is 1.18 bits per heavy atom. The number of benzene rings is 1. The quantitative estimate of drug-likeness (QED) is 0.799. The molecule has 0 saturated heterocycles. The van der Waals surface area contributed by atoms with E-state index < -0.39 is 0 Å². The van der Waals surface area contributed by atoms with Crippen LogP contribution in [0.2, 0.25) is 5.02 Å². The summed E-state index contributed by atoms with van der Waals surface area (Å²) >= 11 is 5.87. The van der Waals surface area contributed by atoms with Crippen LogP contribution in [-0.4, -0.2) is 14.5 Å². The minimum atomic E-state index is -0.176. The molecule has 0 unspecified atom stereocenters. The predicted octanol–water partition coefficient (Wildman–Crippen LogP) is 3.77. The second-order valence-corrected chi connectivity index (χ2v) is 5.66. The summed E-state index contributed by atoms with van der Waals surface area (Å²) in [5, 5.41) is 3.70. The number of nitrogens with zero attached hydrogens (tertiary/aromatic N) is 3. The SMILES string of the molecule is CC(C)n1c(=O)c(Nc2ccc(Cl)cc2)nc2ccncc21. The molecular weight excluding hydrogens is 300 g/mol. The molecular formula is C16H15ClN4O. The normalized spacial score (nSPS) is 11.1. The van der Waals surface area contributed by atoms with Gasteiger partial charge in [-0.15, -0.1) is 0 Å². The van der Waals surface area contributed by atoms with E-state index in [1.54, 1.807) is 47.3 Å². The van der Waals surface area contributed by atoms with E-state index in [9.17, 15) is 4.79 Å². The summed E-state index contributed by atoms with van der Waals surface area (Å²) in [4.78, 5) is 21.2. The van der Waals surface area contributed by atoms with E-state index in [-0.39, 0.29) is 17.4 Å². The van der Waals surface area contributed by atoms with Crippen molar-refractivity contribution in [3.63, 3.8) is 0 Å². The standard InChI is InChI=1S/C16H15ClN4O/c1-10(2)21-14-9-18-8-7-13(14)20-15(16(21)22)19-12-5-3-11(17)4-6-12/h3-10H,1-2H3,(H,19,20). The summed E-state index contributed by atoms with van der Waals surface area (Å²) in [5.41, 5.74) is 2.03. The Bertz CT molecular complexity index is 871. The number of anilines is 2. The molecule has 0 atom stereocenters. The molecule has 3 rings (SSSR count). The van der Waals surface area contributed by atoms with Gasteiger partial charge in [-0.25, -0.2) is 4.98 Å². The molecule has 112 valence electrons. The molecule has 2 aromatic heterocycles. The van der Waals surface area contributed by atoms with Gasteiger partial charge >= 0.3 is 0 Å². The molecule has 6 heteroatoms. The van der Waals surface area contributed by atoms with E-state index in [0.717, 1.165) is 16.7 Å². The summed E-state index contributed by atoms with van der Waals surface area (Å²) in [6, 6.07) is 8.93. The van der Waals surface area contributed by atoms with Crippen molar-refractivity contribution >= 4 is 34.1 Å². The smallest absolute Gasteiger partial charge is 0.294 e. The van der Waals surface area contributed by atoms with Crippen LogP contribution in [0.5, 0.6) is 0 Å². The van der Waals surface area contributed by atoms with Crippen molar-refractivity contribution in [2.75, 3.05) is 5.32 Å². The first-order valence-electron chi connectivity index (χ1n) is 6.95. The van der Waals surface area contributed by atoms with Crippen LogP contribution in [0.15, 0.2) is 47.5 Å². The highest BCUT2D eigenvalue weighted by Gasteiger charge is 2.13. The van der Waals surface area contributed by atoms with E-state index in [0.29, 0.717) is 5.02 Å². The highest BCUT2D eigenvalue weighted by molar-refractivity contribution is 6.30. The Labute approximate surface area is 132 Å². The zero-order chi connectivity index (χ0) is 15.7. The first-order valence-corrected chi connectivity index (χ1v) is 7.33. The molecule has 0 bridgehead atoms. The van der Waals surface area contributed by atoms with Gasteiger partial charge in [-0.05, 0) is 44.2 Å². The van der Waals surface area contributed by atoms with Crippen molar-refractivity contribution in [1.82, 2.24) is 14.5 Å². The summed E-state index contributed by atoms with van der Waals surface area (Å²) in [6.45, 7) is 3.92. The topological polar surface area (TPSA) is 59.8 Å². The second-order valence-electron chi connectivity index (χ2n) is 5.23. The molecule has 1 aromatic carbocycles. The van der Waals surface area contributed by atoms with Gasteiger partial charge in [0.2, 0.25) is 0 Å². The molecule has 0 aliphatic carbocycles. The van der Waals surface area contributed by atoms with Crippen molar-refractivity contribution < 1.29 is 0 Å². The maximum Gasteiger partial charge on any atom is 0.294 e.